The topological polar surface area (TPSA) is 208 Å². The summed E-state index contributed by atoms with van der Waals surface area (Å²) in [6.45, 7) is 0. The predicted octanol–water partition coefficient (Wildman–Crippen LogP) is -2.84. The molecule has 0 radical (unpaired) electrons. The largest absolute Gasteiger partial charge is 0.432 e. The van der Waals surface area contributed by atoms with Crippen molar-refractivity contribution in [1.29, 1.82) is 5.41 Å². The molecule has 2 atom stereocenters. The molecule has 0 aliphatic carbocycles. The van der Waals surface area contributed by atoms with E-state index in [1.54, 1.807) is 0 Å². The van der Waals surface area contributed by atoms with Gasteiger partial charge in [-0.25, -0.2) is 38.7 Å². The monoisotopic (exact) mass is 417 g/mol. The van der Waals surface area contributed by atoms with Crippen LogP contribution >= 0.6 is 0 Å². The third kappa shape index (κ3) is 5.38. The minimum atomic E-state index is -2.96. The van der Waals surface area contributed by atoms with Crippen LogP contribution in [0.5, 0.6) is 0 Å². The van der Waals surface area contributed by atoms with Gasteiger partial charge in [0.2, 0.25) is 5.96 Å². The van der Waals surface area contributed by atoms with Crippen molar-refractivity contribution in [2.24, 2.45) is 0 Å². The molecule has 29 heavy (non-hydrogen) atoms. The lowest BCUT2D eigenvalue weighted by Crippen LogP contribution is -2.46. The Balaban J connectivity index is 2.13. The Bertz CT molecular complexity index is 780. The first-order chi connectivity index (χ1) is 13.5. The van der Waals surface area contributed by atoms with Gasteiger partial charge in [-0.1, -0.05) is 0 Å². The Morgan fingerprint density at radius 1 is 1.14 bits per heavy atom. The molecule has 15 nitrogen and oxygen atoms in total. The second kappa shape index (κ2) is 8.51. The second-order valence-electron chi connectivity index (χ2n) is 5.91. The zero-order valence-electron chi connectivity index (χ0n) is 14.8. The van der Waals surface area contributed by atoms with Gasteiger partial charge >= 0.3 is 29.8 Å². The highest BCUT2D eigenvalue weighted by Crippen LogP contribution is 2.22. The van der Waals surface area contributed by atoms with Gasteiger partial charge in [0.15, 0.2) is 5.60 Å². The highest BCUT2D eigenvalue weighted by Gasteiger charge is 2.47. The first-order valence-electron chi connectivity index (χ1n) is 7.88. The zero-order valence-corrected chi connectivity index (χ0v) is 14.8. The van der Waals surface area contributed by atoms with E-state index in [2.05, 4.69) is 24.9 Å². The first kappa shape index (κ1) is 21.5. The molecule has 0 aromatic rings. The van der Waals surface area contributed by atoms with Crippen LogP contribution in [0.2, 0.25) is 0 Å². The summed E-state index contributed by atoms with van der Waals surface area (Å²) >= 11 is 0. The normalized spacial score (nSPS) is 26.3. The Morgan fingerprint density at radius 2 is 1.69 bits per heavy atom. The van der Waals surface area contributed by atoms with E-state index in [-0.39, 0.29) is 5.96 Å². The van der Waals surface area contributed by atoms with E-state index in [0.29, 0.717) is 0 Å². The number of esters is 1. The Morgan fingerprint density at radius 3 is 2.24 bits per heavy atom. The van der Waals surface area contributed by atoms with E-state index < -0.39 is 73.3 Å². The van der Waals surface area contributed by atoms with Crippen LogP contribution in [0.1, 0.15) is 25.7 Å². The summed E-state index contributed by atoms with van der Waals surface area (Å²) in [6, 6.07) is 0. The van der Waals surface area contributed by atoms with Gasteiger partial charge in [-0.05, 0) is 0 Å². The first-order valence-corrected chi connectivity index (χ1v) is 7.88. The minimum absolute atomic E-state index is 0.366. The van der Waals surface area contributed by atoms with Crippen molar-refractivity contribution >= 4 is 41.7 Å². The molecule has 2 aliphatic heterocycles. The smallest absolute Gasteiger partial charge is 0.387 e. The number of carbonyl (C=O) groups is 6. The summed E-state index contributed by atoms with van der Waals surface area (Å²) < 4.78 is 4.79. The molecule has 2 saturated heterocycles. The van der Waals surface area contributed by atoms with Gasteiger partial charge in [0.1, 0.15) is 0 Å². The molecule has 0 spiro atoms. The summed E-state index contributed by atoms with van der Waals surface area (Å²) in [7, 11) is 1.25. The van der Waals surface area contributed by atoms with Gasteiger partial charge < -0.3 is 14.7 Å². The molecule has 0 aromatic carbocycles. The molecule has 2 rings (SSSR count). The van der Waals surface area contributed by atoms with Crippen molar-refractivity contribution in [3.05, 3.63) is 0 Å². The molecule has 2 heterocycles. The third-order valence-electron chi connectivity index (χ3n) is 3.64. The third-order valence-corrected chi connectivity index (χ3v) is 3.64. The summed E-state index contributed by atoms with van der Waals surface area (Å²) in [4.78, 5) is 87.5. The summed E-state index contributed by atoms with van der Waals surface area (Å²) in [6.07, 6.45) is -5.21. The SMILES string of the molecule is CN1C(=N)NC(=O)C1OC(=O)CC1(O)CC(=O)OOC(=O)CCC(=O)OOC1=O. The van der Waals surface area contributed by atoms with Crippen LogP contribution in [0.4, 0.5) is 0 Å². The fraction of sp³-hybridized carbons (Fsp3) is 0.500. The fourth-order valence-corrected chi connectivity index (χ4v) is 2.11. The van der Waals surface area contributed by atoms with Crippen LogP contribution in [0.25, 0.3) is 0 Å². The number of guanidine groups is 1. The standard InChI is InChI=1S/C14H15N3O12/c1-17-11(10(22)16-13(17)15)25-8(20)4-14(24)5-9(21)28-26-6(18)2-3-7(19)27-29-12(14)23/h11,24H,2-5H2,1H3,(H2,15,16,22). The molecule has 158 valence electrons. The van der Waals surface area contributed by atoms with Crippen LogP contribution in [-0.4, -0.2) is 70.6 Å². The number of nitrogens with one attached hydrogen (secondary N) is 2. The van der Waals surface area contributed by atoms with Crippen molar-refractivity contribution < 1.29 is 58.2 Å². The summed E-state index contributed by atoms with van der Waals surface area (Å²) in [5.74, 6) is -8.04. The van der Waals surface area contributed by atoms with E-state index in [1.807, 2.05) is 0 Å². The lowest BCUT2D eigenvalue weighted by molar-refractivity contribution is -0.279. The molecule has 0 aromatic heterocycles. The van der Waals surface area contributed by atoms with Gasteiger partial charge in [0, 0.05) is 7.05 Å². The average molecular weight is 417 g/mol. The van der Waals surface area contributed by atoms with E-state index in [4.69, 9.17) is 10.1 Å². The molecule has 15 heteroatoms. The Kier molecular flexibility index (Phi) is 6.32. The summed E-state index contributed by atoms with van der Waals surface area (Å²) in [5.41, 5.74) is -2.96. The van der Waals surface area contributed by atoms with Gasteiger partial charge in [-0.2, -0.15) is 0 Å². The van der Waals surface area contributed by atoms with Crippen molar-refractivity contribution in [3.63, 3.8) is 0 Å². The number of likely N-dealkylation sites (N-methyl/N-ethyl adjacent to an activating group) is 1. The maximum absolute atomic E-state index is 12.1. The molecular formula is C14H15N3O12. The van der Waals surface area contributed by atoms with Crippen molar-refractivity contribution in [2.75, 3.05) is 7.05 Å². The van der Waals surface area contributed by atoms with Crippen LogP contribution in [-0.2, 0) is 53.1 Å². The number of hydrogen-bond donors (Lipinski definition) is 3. The molecule has 0 bridgehead atoms. The van der Waals surface area contributed by atoms with E-state index in [1.165, 1.54) is 7.05 Å². The number of carbonyl (C=O) groups excluding carboxylic acids is 6. The molecular weight excluding hydrogens is 402 g/mol. The van der Waals surface area contributed by atoms with Gasteiger partial charge in [-0.15, -0.1) is 0 Å². The fourth-order valence-electron chi connectivity index (χ4n) is 2.11. The van der Waals surface area contributed by atoms with E-state index in [0.717, 1.165) is 4.90 Å². The van der Waals surface area contributed by atoms with Crippen molar-refractivity contribution in [1.82, 2.24) is 10.2 Å². The van der Waals surface area contributed by atoms with E-state index in [9.17, 15) is 33.9 Å². The predicted molar refractivity (Wildman–Crippen MR) is 81.3 cm³/mol. The number of hydrogen-bond acceptors (Lipinski definition) is 13. The van der Waals surface area contributed by atoms with Gasteiger partial charge in [0.05, 0.1) is 25.7 Å². The molecule has 3 N–H and O–H groups in total. The van der Waals surface area contributed by atoms with Gasteiger partial charge in [-0.3, -0.25) is 20.3 Å². The van der Waals surface area contributed by atoms with Crippen LogP contribution in [0.3, 0.4) is 0 Å². The average Bonchev–Trinajstić information content (AvgIpc) is 2.87. The molecule has 2 aliphatic rings. The lowest BCUT2D eigenvalue weighted by Gasteiger charge is -2.24. The number of ether oxygens (including phenoxy) is 1. The highest BCUT2D eigenvalue weighted by molar-refractivity contribution is 6.05. The van der Waals surface area contributed by atoms with Crippen LogP contribution < -0.4 is 5.32 Å². The molecule has 1 amide bonds. The number of nitrogens with zero attached hydrogens (tertiary/aromatic N) is 1. The Hall–Kier alpha value is -3.75. The highest BCUT2D eigenvalue weighted by atomic mass is 17.2. The number of amides is 1. The molecule has 2 fully saturated rings. The van der Waals surface area contributed by atoms with Crippen molar-refractivity contribution in [2.45, 2.75) is 37.5 Å². The van der Waals surface area contributed by atoms with E-state index >= 15 is 0 Å². The van der Waals surface area contributed by atoms with Gasteiger partial charge in [0.25, 0.3) is 12.1 Å². The zero-order chi connectivity index (χ0) is 21.8. The summed E-state index contributed by atoms with van der Waals surface area (Å²) in [5, 5.41) is 19.9. The number of aliphatic hydroxyl groups is 1. The van der Waals surface area contributed by atoms with Crippen LogP contribution in [0.15, 0.2) is 0 Å². The second-order valence-corrected chi connectivity index (χ2v) is 5.91. The maximum Gasteiger partial charge on any atom is 0.387 e. The van der Waals surface area contributed by atoms with Crippen molar-refractivity contribution in [3.8, 4) is 0 Å². The minimum Gasteiger partial charge on any atom is -0.432 e. The Labute approximate surface area is 161 Å². The molecule has 2 unspecified atom stereocenters. The van der Waals surface area contributed by atoms with Crippen LogP contribution in [0, 0.1) is 5.41 Å². The lowest BCUT2D eigenvalue weighted by atomic mass is 9.96. The number of rotatable bonds is 3. The molecule has 0 saturated carbocycles. The maximum atomic E-state index is 12.1. The quantitative estimate of drug-likeness (QED) is 0.313.